The second-order valence-electron chi connectivity index (χ2n) is 6.19. The van der Waals surface area contributed by atoms with Gasteiger partial charge in [0.05, 0.1) is 12.4 Å². The molecule has 28 heavy (non-hydrogen) atoms. The number of nitrogens with zero attached hydrogens (tertiary/aromatic N) is 3. The Morgan fingerprint density at radius 1 is 1.25 bits per heavy atom. The zero-order valence-corrected chi connectivity index (χ0v) is 16.6. The highest BCUT2D eigenvalue weighted by atomic mass is 32.2. The Bertz CT molecular complexity index is 946. The lowest BCUT2D eigenvalue weighted by molar-refractivity contribution is -0.129. The van der Waals surface area contributed by atoms with Gasteiger partial charge in [0.15, 0.2) is 0 Å². The third kappa shape index (κ3) is 4.89. The number of aromatic nitrogens is 2. The molecule has 0 bridgehead atoms. The Morgan fingerprint density at radius 2 is 2.00 bits per heavy atom. The summed E-state index contributed by atoms with van der Waals surface area (Å²) in [4.78, 5) is 14.1. The summed E-state index contributed by atoms with van der Waals surface area (Å²) in [5.41, 5.74) is 1.50. The van der Waals surface area contributed by atoms with E-state index in [0.717, 1.165) is 16.9 Å². The molecule has 0 saturated carbocycles. The Balaban J connectivity index is 1.61. The summed E-state index contributed by atoms with van der Waals surface area (Å²) in [6, 6.07) is 13.5. The van der Waals surface area contributed by atoms with Crippen molar-refractivity contribution in [2.45, 2.75) is 23.9 Å². The largest absolute Gasteiger partial charge is 0.497 e. The Hall–Kier alpha value is -2.87. The van der Waals surface area contributed by atoms with Crippen LogP contribution in [0.1, 0.15) is 12.5 Å². The molecular formula is C20H20FN3O3S. The second-order valence-corrected chi connectivity index (χ2v) is 7.48. The molecule has 0 radical (unpaired) electrons. The first kappa shape index (κ1) is 19.9. The molecule has 0 N–H and O–H groups in total. The quantitative estimate of drug-likeness (QED) is 0.557. The van der Waals surface area contributed by atoms with E-state index in [9.17, 15) is 9.18 Å². The van der Waals surface area contributed by atoms with E-state index in [1.54, 1.807) is 50.2 Å². The van der Waals surface area contributed by atoms with Gasteiger partial charge in [0.25, 0.3) is 5.22 Å². The van der Waals surface area contributed by atoms with E-state index < -0.39 is 5.25 Å². The van der Waals surface area contributed by atoms with Gasteiger partial charge in [0, 0.05) is 19.2 Å². The lowest BCUT2D eigenvalue weighted by Crippen LogP contribution is -2.32. The molecule has 1 heterocycles. The molecule has 8 heteroatoms. The average Bonchev–Trinajstić information content (AvgIpc) is 3.15. The van der Waals surface area contributed by atoms with Crippen molar-refractivity contribution in [3.63, 3.8) is 0 Å². The first-order chi connectivity index (χ1) is 13.5. The topological polar surface area (TPSA) is 68.5 Å². The van der Waals surface area contributed by atoms with E-state index in [1.165, 1.54) is 23.9 Å². The van der Waals surface area contributed by atoms with Gasteiger partial charge in [-0.15, -0.1) is 10.2 Å². The second kappa shape index (κ2) is 8.88. The van der Waals surface area contributed by atoms with Crippen molar-refractivity contribution in [2.24, 2.45) is 0 Å². The summed E-state index contributed by atoms with van der Waals surface area (Å²) < 4.78 is 24.1. The molecular weight excluding hydrogens is 381 g/mol. The van der Waals surface area contributed by atoms with Gasteiger partial charge in [0.1, 0.15) is 11.6 Å². The van der Waals surface area contributed by atoms with E-state index in [-0.39, 0.29) is 11.7 Å². The number of ether oxygens (including phenoxy) is 1. The first-order valence-corrected chi connectivity index (χ1v) is 9.48. The zero-order chi connectivity index (χ0) is 20.1. The molecule has 1 atom stereocenters. The molecule has 1 aromatic heterocycles. The van der Waals surface area contributed by atoms with Crippen LogP contribution in [0.4, 0.5) is 4.39 Å². The number of rotatable bonds is 7. The van der Waals surface area contributed by atoms with Crippen molar-refractivity contribution in [1.82, 2.24) is 15.1 Å². The summed E-state index contributed by atoms with van der Waals surface area (Å²) in [5, 5.41) is 7.92. The number of amides is 1. The van der Waals surface area contributed by atoms with Crippen LogP contribution >= 0.6 is 11.8 Å². The standard InChI is InChI=1S/C20H20FN3O3S/c1-13(19(25)24(2)12-14-5-4-6-16(21)11-14)28-20-23-22-18(27-20)15-7-9-17(26-3)10-8-15/h4-11,13H,12H2,1-3H3/t13-/m0/s1. The summed E-state index contributed by atoms with van der Waals surface area (Å²) in [6.45, 7) is 2.09. The van der Waals surface area contributed by atoms with Crippen LogP contribution in [-0.4, -0.2) is 40.4 Å². The Labute approximate surface area is 166 Å². The molecule has 0 aliphatic carbocycles. The minimum Gasteiger partial charge on any atom is -0.497 e. The maximum atomic E-state index is 13.3. The smallest absolute Gasteiger partial charge is 0.277 e. The highest BCUT2D eigenvalue weighted by Gasteiger charge is 2.22. The SMILES string of the molecule is COc1ccc(-c2nnc(S[C@@H](C)C(=O)N(C)Cc3cccc(F)c3)o2)cc1. The number of hydrogen-bond donors (Lipinski definition) is 0. The molecule has 0 fully saturated rings. The maximum absolute atomic E-state index is 13.3. The highest BCUT2D eigenvalue weighted by molar-refractivity contribution is 8.00. The number of hydrogen-bond acceptors (Lipinski definition) is 6. The van der Waals surface area contributed by atoms with Crippen LogP contribution in [-0.2, 0) is 11.3 Å². The van der Waals surface area contributed by atoms with Crippen LogP contribution in [0.25, 0.3) is 11.5 Å². The molecule has 0 spiro atoms. The van der Waals surface area contributed by atoms with Gasteiger partial charge >= 0.3 is 0 Å². The van der Waals surface area contributed by atoms with E-state index in [1.807, 2.05) is 12.1 Å². The summed E-state index contributed by atoms with van der Waals surface area (Å²) in [6.07, 6.45) is 0. The van der Waals surface area contributed by atoms with Crippen molar-refractivity contribution in [3.05, 3.63) is 59.9 Å². The Morgan fingerprint density at radius 3 is 2.68 bits per heavy atom. The fraction of sp³-hybridized carbons (Fsp3) is 0.250. The van der Waals surface area contributed by atoms with Crippen molar-refractivity contribution < 1.29 is 18.3 Å². The normalized spacial score (nSPS) is 11.9. The number of carbonyl (C=O) groups is 1. The van der Waals surface area contributed by atoms with E-state index in [2.05, 4.69) is 10.2 Å². The van der Waals surface area contributed by atoms with Crippen LogP contribution in [0.3, 0.4) is 0 Å². The van der Waals surface area contributed by atoms with Crippen molar-refractivity contribution >= 4 is 17.7 Å². The molecule has 6 nitrogen and oxygen atoms in total. The van der Waals surface area contributed by atoms with Gasteiger partial charge in [0.2, 0.25) is 11.8 Å². The fourth-order valence-electron chi connectivity index (χ4n) is 2.61. The molecule has 0 aliphatic rings. The predicted molar refractivity (Wildman–Crippen MR) is 104 cm³/mol. The molecule has 3 aromatic rings. The van der Waals surface area contributed by atoms with Gasteiger partial charge in [-0.05, 0) is 48.9 Å². The lowest BCUT2D eigenvalue weighted by atomic mass is 10.2. The highest BCUT2D eigenvalue weighted by Crippen LogP contribution is 2.28. The molecule has 0 saturated heterocycles. The number of carbonyl (C=O) groups excluding carboxylic acids is 1. The van der Waals surface area contributed by atoms with Gasteiger partial charge in [-0.2, -0.15) is 0 Å². The first-order valence-electron chi connectivity index (χ1n) is 8.60. The van der Waals surface area contributed by atoms with Crippen molar-refractivity contribution in [2.75, 3.05) is 14.2 Å². The van der Waals surface area contributed by atoms with Crippen LogP contribution in [0.15, 0.2) is 58.2 Å². The molecule has 146 valence electrons. The number of methoxy groups -OCH3 is 1. The molecule has 3 rings (SSSR count). The van der Waals surface area contributed by atoms with E-state index in [0.29, 0.717) is 17.7 Å². The van der Waals surface area contributed by atoms with E-state index >= 15 is 0 Å². The predicted octanol–water partition coefficient (Wildman–Crippen LogP) is 4.02. The minimum absolute atomic E-state index is 0.113. The van der Waals surface area contributed by atoms with Crippen LogP contribution in [0, 0.1) is 5.82 Å². The summed E-state index contributed by atoms with van der Waals surface area (Å²) in [5.74, 6) is 0.674. The lowest BCUT2D eigenvalue weighted by Gasteiger charge is -2.20. The maximum Gasteiger partial charge on any atom is 0.277 e. The van der Waals surface area contributed by atoms with Crippen molar-refractivity contribution in [3.8, 4) is 17.2 Å². The number of benzene rings is 2. The summed E-state index contributed by atoms with van der Waals surface area (Å²) in [7, 11) is 3.28. The Kier molecular flexibility index (Phi) is 6.30. The summed E-state index contributed by atoms with van der Waals surface area (Å²) >= 11 is 1.19. The molecule has 0 unspecified atom stereocenters. The van der Waals surface area contributed by atoms with Crippen LogP contribution < -0.4 is 4.74 Å². The van der Waals surface area contributed by atoms with Gasteiger partial charge in [-0.1, -0.05) is 23.9 Å². The molecule has 1 amide bonds. The van der Waals surface area contributed by atoms with Crippen molar-refractivity contribution in [1.29, 1.82) is 0 Å². The van der Waals surface area contributed by atoms with Gasteiger partial charge in [-0.3, -0.25) is 4.79 Å². The zero-order valence-electron chi connectivity index (χ0n) is 15.8. The van der Waals surface area contributed by atoms with Crippen LogP contribution in [0.5, 0.6) is 5.75 Å². The van der Waals surface area contributed by atoms with E-state index in [4.69, 9.17) is 9.15 Å². The third-order valence-electron chi connectivity index (χ3n) is 4.05. The third-order valence-corrected chi connectivity index (χ3v) is 4.98. The average molecular weight is 401 g/mol. The number of halogens is 1. The minimum atomic E-state index is -0.428. The van der Waals surface area contributed by atoms with Gasteiger partial charge in [-0.25, -0.2) is 4.39 Å². The number of thioether (sulfide) groups is 1. The monoisotopic (exact) mass is 401 g/mol. The molecule has 0 aliphatic heterocycles. The van der Waals surface area contributed by atoms with Crippen LogP contribution in [0.2, 0.25) is 0 Å². The fourth-order valence-corrected chi connectivity index (χ4v) is 3.40. The van der Waals surface area contributed by atoms with Gasteiger partial charge < -0.3 is 14.1 Å². The molecule has 2 aromatic carbocycles.